The molecule has 0 unspecified atom stereocenters. The normalized spacial score (nSPS) is 10.6. The first-order valence-electron chi connectivity index (χ1n) is 5.93. The SMILES string of the molecule is CC(C)c1ccc([N+](=O)[O-])cc1-c1ccccc1. The lowest BCUT2D eigenvalue weighted by Crippen LogP contribution is -1.95. The summed E-state index contributed by atoms with van der Waals surface area (Å²) in [6, 6.07) is 14.9. The molecule has 0 bridgehead atoms. The summed E-state index contributed by atoms with van der Waals surface area (Å²) >= 11 is 0. The Morgan fingerprint density at radius 1 is 1.06 bits per heavy atom. The molecule has 0 N–H and O–H groups in total. The number of hydrogen-bond acceptors (Lipinski definition) is 2. The van der Waals surface area contributed by atoms with Crippen LogP contribution in [0.15, 0.2) is 48.5 Å². The zero-order valence-electron chi connectivity index (χ0n) is 10.5. The van der Waals surface area contributed by atoms with Crippen molar-refractivity contribution in [3.8, 4) is 11.1 Å². The molecule has 0 amide bonds. The maximum absolute atomic E-state index is 10.9. The Balaban J connectivity index is 2.61. The molecule has 0 aromatic heterocycles. The van der Waals surface area contributed by atoms with Crippen LogP contribution in [0.25, 0.3) is 11.1 Å². The molecule has 92 valence electrons. The Kier molecular flexibility index (Phi) is 3.42. The second kappa shape index (κ2) is 5.00. The van der Waals surface area contributed by atoms with Gasteiger partial charge in [-0.15, -0.1) is 0 Å². The smallest absolute Gasteiger partial charge is 0.258 e. The van der Waals surface area contributed by atoms with E-state index in [9.17, 15) is 10.1 Å². The van der Waals surface area contributed by atoms with Gasteiger partial charge in [0.2, 0.25) is 0 Å². The van der Waals surface area contributed by atoms with E-state index >= 15 is 0 Å². The first-order valence-corrected chi connectivity index (χ1v) is 5.93. The van der Waals surface area contributed by atoms with E-state index in [-0.39, 0.29) is 10.6 Å². The zero-order valence-corrected chi connectivity index (χ0v) is 10.5. The molecule has 0 atom stereocenters. The van der Waals surface area contributed by atoms with E-state index in [1.54, 1.807) is 12.1 Å². The van der Waals surface area contributed by atoms with Crippen LogP contribution in [-0.2, 0) is 0 Å². The summed E-state index contributed by atoms with van der Waals surface area (Å²) < 4.78 is 0. The van der Waals surface area contributed by atoms with Gasteiger partial charge in [0.25, 0.3) is 5.69 Å². The second-order valence-corrected chi connectivity index (χ2v) is 4.55. The highest BCUT2D eigenvalue weighted by Gasteiger charge is 2.13. The number of nitrogens with zero attached hydrogens (tertiary/aromatic N) is 1. The molecule has 0 radical (unpaired) electrons. The summed E-state index contributed by atoms with van der Waals surface area (Å²) in [5.74, 6) is 0.334. The average Bonchev–Trinajstić information content (AvgIpc) is 2.39. The quantitative estimate of drug-likeness (QED) is 0.591. The summed E-state index contributed by atoms with van der Waals surface area (Å²) in [5, 5.41) is 10.9. The molecule has 0 saturated carbocycles. The number of nitro groups is 1. The summed E-state index contributed by atoms with van der Waals surface area (Å²) in [4.78, 5) is 10.5. The molecule has 2 aromatic carbocycles. The summed E-state index contributed by atoms with van der Waals surface area (Å²) in [6.07, 6.45) is 0. The molecule has 3 heteroatoms. The molecule has 0 spiro atoms. The molecule has 2 aromatic rings. The van der Waals surface area contributed by atoms with Crippen molar-refractivity contribution in [1.29, 1.82) is 0 Å². The van der Waals surface area contributed by atoms with Crippen molar-refractivity contribution in [2.45, 2.75) is 19.8 Å². The number of non-ortho nitro benzene ring substituents is 1. The van der Waals surface area contributed by atoms with Crippen LogP contribution >= 0.6 is 0 Å². The summed E-state index contributed by atoms with van der Waals surface area (Å²) in [7, 11) is 0. The highest BCUT2D eigenvalue weighted by molar-refractivity contribution is 5.70. The van der Waals surface area contributed by atoms with Crippen molar-refractivity contribution in [3.63, 3.8) is 0 Å². The molecule has 0 heterocycles. The minimum absolute atomic E-state index is 0.137. The van der Waals surface area contributed by atoms with Gasteiger partial charge < -0.3 is 0 Å². The largest absolute Gasteiger partial charge is 0.270 e. The molecular weight excluding hydrogens is 226 g/mol. The number of hydrogen-bond donors (Lipinski definition) is 0. The van der Waals surface area contributed by atoms with Gasteiger partial charge in [-0.25, -0.2) is 0 Å². The Morgan fingerprint density at radius 3 is 2.28 bits per heavy atom. The molecule has 2 rings (SSSR count). The van der Waals surface area contributed by atoms with Crippen molar-refractivity contribution < 1.29 is 4.92 Å². The Bertz CT molecular complexity index is 562. The highest BCUT2D eigenvalue weighted by atomic mass is 16.6. The van der Waals surface area contributed by atoms with Gasteiger partial charge >= 0.3 is 0 Å². The van der Waals surface area contributed by atoms with E-state index < -0.39 is 0 Å². The van der Waals surface area contributed by atoms with E-state index in [1.165, 1.54) is 0 Å². The lowest BCUT2D eigenvalue weighted by atomic mass is 9.92. The van der Waals surface area contributed by atoms with Gasteiger partial charge in [0.15, 0.2) is 0 Å². The lowest BCUT2D eigenvalue weighted by molar-refractivity contribution is -0.384. The zero-order chi connectivity index (χ0) is 13.1. The van der Waals surface area contributed by atoms with Crippen LogP contribution in [0.3, 0.4) is 0 Å². The van der Waals surface area contributed by atoms with Crippen molar-refractivity contribution >= 4 is 5.69 Å². The molecule has 0 fully saturated rings. The third kappa shape index (κ3) is 2.40. The van der Waals surface area contributed by atoms with Gasteiger partial charge in [0, 0.05) is 12.1 Å². The third-order valence-electron chi connectivity index (χ3n) is 2.95. The third-order valence-corrected chi connectivity index (χ3v) is 2.95. The van der Waals surface area contributed by atoms with E-state index in [4.69, 9.17) is 0 Å². The fourth-order valence-electron chi connectivity index (χ4n) is 2.03. The van der Waals surface area contributed by atoms with Crippen LogP contribution in [0.5, 0.6) is 0 Å². The van der Waals surface area contributed by atoms with Crippen LogP contribution in [0.2, 0.25) is 0 Å². The monoisotopic (exact) mass is 241 g/mol. The molecule has 18 heavy (non-hydrogen) atoms. The van der Waals surface area contributed by atoms with Crippen molar-refractivity contribution in [2.24, 2.45) is 0 Å². The second-order valence-electron chi connectivity index (χ2n) is 4.55. The van der Waals surface area contributed by atoms with Crippen LogP contribution < -0.4 is 0 Å². The standard InChI is InChI=1S/C15H15NO2/c1-11(2)14-9-8-13(16(17)18)10-15(14)12-6-4-3-5-7-12/h3-11H,1-2H3. The number of nitro benzene ring substituents is 1. The number of benzene rings is 2. The van der Waals surface area contributed by atoms with Crippen LogP contribution in [-0.4, -0.2) is 4.92 Å². The van der Waals surface area contributed by atoms with Crippen LogP contribution in [0.4, 0.5) is 5.69 Å². The maximum Gasteiger partial charge on any atom is 0.270 e. The predicted octanol–water partition coefficient (Wildman–Crippen LogP) is 4.39. The average molecular weight is 241 g/mol. The first kappa shape index (κ1) is 12.3. The van der Waals surface area contributed by atoms with Gasteiger partial charge in [-0.2, -0.15) is 0 Å². The van der Waals surface area contributed by atoms with Gasteiger partial charge in [-0.05, 0) is 22.6 Å². The maximum atomic E-state index is 10.9. The minimum atomic E-state index is -0.351. The first-order chi connectivity index (χ1) is 8.59. The van der Waals surface area contributed by atoms with E-state index in [1.807, 2.05) is 36.4 Å². The van der Waals surface area contributed by atoms with Gasteiger partial charge in [0.05, 0.1) is 4.92 Å². The topological polar surface area (TPSA) is 43.1 Å². The minimum Gasteiger partial charge on any atom is -0.258 e. The Morgan fingerprint density at radius 2 is 1.72 bits per heavy atom. The molecule has 3 nitrogen and oxygen atoms in total. The highest BCUT2D eigenvalue weighted by Crippen LogP contribution is 2.32. The molecule has 0 aliphatic heterocycles. The van der Waals surface area contributed by atoms with E-state index in [0.29, 0.717) is 5.92 Å². The van der Waals surface area contributed by atoms with Gasteiger partial charge in [-0.3, -0.25) is 10.1 Å². The van der Waals surface area contributed by atoms with Gasteiger partial charge in [-0.1, -0.05) is 50.2 Å². The lowest BCUT2D eigenvalue weighted by Gasteiger charge is -2.12. The molecule has 0 saturated heterocycles. The van der Waals surface area contributed by atoms with E-state index in [0.717, 1.165) is 16.7 Å². The summed E-state index contributed by atoms with van der Waals surface area (Å²) in [6.45, 7) is 4.18. The fraction of sp³-hybridized carbons (Fsp3) is 0.200. The van der Waals surface area contributed by atoms with Crippen LogP contribution in [0, 0.1) is 10.1 Å². The van der Waals surface area contributed by atoms with Crippen LogP contribution in [0.1, 0.15) is 25.3 Å². The van der Waals surface area contributed by atoms with E-state index in [2.05, 4.69) is 13.8 Å². The molecule has 0 aliphatic carbocycles. The summed E-state index contributed by atoms with van der Waals surface area (Å²) in [5.41, 5.74) is 3.23. The molecular formula is C15H15NO2. The van der Waals surface area contributed by atoms with Crippen molar-refractivity contribution in [3.05, 3.63) is 64.2 Å². The fourth-order valence-corrected chi connectivity index (χ4v) is 2.03. The van der Waals surface area contributed by atoms with Crippen molar-refractivity contribution in [1.82, 2.24) is 0 Å². The Hall–Kier alpha value is -2.16. The predicted molar refractivity (Wildman–Crippen MR) is 72.6 cm³/mol. The van der Waals surface area contributed by atoms with Crippen molar-refractivity contribution in [2.75, 3.05) is 0 Å². The molecule has 0 aliphatic rings. The number of rotatable bonds is 3. The Labute approximate surface area is 106 Å². The van der Waals surface area contributed by atoms with Gasteiger partial charge in [0.1, 0.15) is 0 Å².